The van der Waals surface area contributed by atoms with Crippen LogP contribution >= 0.6 is 35.4 Å². The molecule has 2 heterocycles. The lowest BCUT2D eigenvalue weighted by molar-refractivity contribution is -0.122. The highest BCUT2D eigenvalue weighted by Gasteiger charge is 2.34. The molecule has 1 aliphatic heterocycles. The topological polar surface area (TPSA) is 54.3 Å². The van der Waals surface area contributed by atoms with Crippen molar-refractivity contribution in [1.82, 2.24) is 9.88 Å². The quantitative estimate of drug-likeness (QED) is 0.431. The van der Waals surface area contributed by atoms with Gasteiger partial charge in [0.1, 0.15) is 5.57 Å². The number of hydrogen-bond donors (Lipinski definition) is 1. The maximum atomic E-state index is 13.0. The fraction of sp³-hybridized carbons (Fsp3) is 0.250. The first-order valence-electron chi connectivity index (χ1n) is 8.98. The molecule has 0 unspecified atom stereocenters. The average molecular weight is 434 g/mol. The number of carbonyl (C=O) groups is 2. The summed E-state index contributed by atoms with van der Waals surface area (Å²) in [4.78, 5) is 26.7. The number of anilines is 1. The van der Waals surface area contributed by atoms with Gasteiger partial charge in [0, 0.05) is 18.4 Å². The van der Waals surface area contributed by atoms with Crippen molar-refractivity contribution in [2.75, 3.05) is 4.90 Å². The molecule has 28 heavy (non-hydrogen) atoms. The van der Waals surface area contributed by atoms with Crippen molar-refractivity contribution >= 4 is 64.1 Å². The van der Waals surface area contributed by atoms with Gasteiger partial charge >= 0.3 is 0 Å². The van der Waals surface area contributed by atoms with E-state index in [1.165, 1.54) is 17.7 Å². The average Bonchev–Trinajstić information content (AvgIpc) is 3.33. The normalized spacial score (nSPS) is 19.6. The van der Waals surface area contributed by atoms with E-state index in [0.717, 1.165) is 18.4 Å². The Hall–Kier alpha value is -2.15. The first-order valence-corrected chi connectivity index (χ1v) is 10.1. The van der Waals surface area contributed by atoms with Crippen LogP contribution in [-0.4, -0.2) is 21.5 Å². The third-order valence-electron chi connectivity index (χ3n) is 5.06. The van der Waals surface area contributed by atoms with Crippen LogP contribution in [0.2, 0.25) is 10.0 Å². The summed E-state index contributed by atoms with van der Waals surface area (Å²) in [6.07, 6.45) is 10.3. The largest absolute Gasteiger partial charge is 0.351 e. The van der Waals surface area contributed by atoms with E-state index >= 15 is 0 Å². The highest BCUT2D eigenvalue weighted by molar-refractivity contribution is 7.80. The molecule has 0 atom stereocenters. The first-order chi connectivity index (χ1) is 13.4. The van der Waals surface area contributed by atoms with Crippen molar-refractivity contribution < 1.29 is 9.59 Å². The number of aromatic nitrogens is 1. The van der Waals surface area contributed by atoms with Gasteiger partial charge in [0.25, 0.3) is 11.8 Å². The SMILES string of the molecule is O=C1NC(=S)N(c2ccc(Cl)c(Cl)c2)C(=O)/C1=C\c1ccn(C2CCCC2)c1. The van der Waals surface area contributed by atoms with Crippen LogP contribution in [0, 0.1) is 0 Å². The molecular formula is C20H17Cl2N3O2S. The van der Waals surface area contributed by atoms with Crippen molar-refractivity contribution in [3.8, 4) is 0 Å². The van der Waals surface area contributed by atoms with Gasteiger partial charge in [0.05, 0.1) is 15.7 Å². The minimum absolute atomic E-state index is 0.00839. The second-order valence-corrected chi connectivity index (χ2v) is 8.09. The van der Waals surface area contributed by atoms with Gasteiger partial charge in [-0.1, -0.05) is 36.0 Å². The number of nitrogens with zero attached hydrogens (tertiary/aromatic N) is 2. The van der Waals surface area contributed by atoms with E-state index in [1.807, 2.05) is 18.5 Å². The summed E-state index contributed by atoms with van der Waals surface area (Å²) < 4.78 is 2.16. The van der Waals surface area contributed by atoms with Crippen LogP contribution in [0.3, 0.4) is 0 Å². The molecule has 1 aromatic heterocycles. The summed E-state index contributed by atoms with van der Waals surface area (Å²) in [5, 5.41) is 3.25. The molecule has 1 saturated heterocycles. The molecule has 1 aromatic carbocycles. The van der Waals surface area contributed by atoms with Crippen molar-refractivity contribution in [2.24, 2.45) is 0 Å². The lowest BCUT2D eigenvalue weighted by Crippen LogP contribution is -2.54. The van der Waals surface area contributed by atoms with E-state index in [2.05, 4.69) is 9.88 Å². The molecule has 1 aliphatic carbocycles. The lowest BCUT2D eigenvalue weighted by Gasteiger charge is -2.29. The zero-order valence-electron chi connectivity index (χ0n) is 14.8. The van der Waals surface area contributed by atoms with E-state index in [4.69, 9.17) is 35.4 Å². The van der Waals surface area contributed by atoms with Gasteiger partial charge in [-0.25, -0.2) is 0 Å². The smallest absolute Gasteiger partial charge is 0.270 e. The highest BCUT2D eigenvalue weighted by Crippen LogP contribution is 2.31. The monoisotopic (exact) mass is 433 g/mol. The van der Waals surface area contributed by atoms with E-state index in [9.17, 15) is 9.59 Å². The van der Waals surface area contributed by atoms with Gasteiger partial charge in [0.15, 0.2) is 5.11 Å². The van der Waals surface area contributed by atoms with Crippen molar-refractivity contribution in [3.05, 3.63) is 57.8 Å². The summed E-state index contributed by atoms with van der Waals surface area (Å²) in [5.41, 5.74) is 1.26. The molecule has 2 amide bonds. The maximum absolute atomic E-state index is 13.0. The van der Waals surface area contributed by atoms with Gasteiger partial charge in [-0.2, -0.15) is 0 Å². The molecule has 0 spiro atoms. The summed E-state index contributed by atoms with van der Waals surface area (Å²) in [6, 6.07) is 7.14. The van der Waals surface area contributed by atoms with Crippen molar-refractivity contribution in [2.45, 2.75) is 31.7 Å². The zero-order valence-corrected chi connectivity index (χ0v) is 17.2. The summed E-state index contributed by atoms with van der Waals surface area (Å²) in [6.45, 7) is 0. The number of halogens is 2. The molecule has 5 nitrogen and oxygen atoms in total. The number of nitrogens with one attached hydrogen (secondary N) is 1. The molecular weight excluding hydrogens is 417 g/mol. The second kappa shape index (κ2) is 7.70. The van der Waals surface area contributed by atoms with Crippen LogP contribution in [0.5, 0.6) is 0 Å². The maximum Gasteiger partial charge on any atom is 0.270 e. The highest BCUT2D eigenvalue weighted by atomic mass is 35.5. The van der Waals surface area contributed by atoms with E-state index in [0.29, 0.717) is 21.8 Å². The second-order valence-electron chi connectivity index (χ2n) is 6.89. The van der Waals surface area contributed by atoms with Gasteiger partial charge in [-0.3, -0.25) is 19.8 Å². The summed E-state index contributed by atoms with van der Waals surface area (Å²) in [7, 11) is 0. The minimum atomic E-state index is -0.514. The molecule has 8 heteroatoms. The summed E-state index contributed by atoms with van der Waals surface area (Å²) in [5.74, 6) is -1.01. The number of hydrogen-bond acceptors (Lipinski definition) is 3. The van der Waals surface area contributed by atoms with E-state index in [-0.39, 0.29) is 10.7 Å². The Kier molecular flexibility index (Phi) is 5.27. The van der Waals surface area contributed by atoms with Crippen LogP contribution in [0.25, 0.3) is 6.08 Å². The fourth-order valence-corrected chi connectivity index (χ4v) is 4.20. The van der Waals surface area contributed by atoms with Gasteiger partial charge in [0.2, 0.25) is 0 Å². The molecule has 4 rings (SSSR count). The Bertz CT molecular complexity index is 1010. The van der Waals surface area contributed by atoms with Crippen LogP contribution in [-0.2, 0) is 9.59 Å². The molecule has 2 aromatic rings. The minimum Gasteiger partial charge on any atom is -0.351 e. The van der Waals surface area contributed by atoms with Gasteiger partial charge in [-0.05, 0) is 61.0 Å². The Morgan fingerprint density at radius 2 is 1.86 bits per heavy atom. The summed E-state index contributed by atoms with van der Waals surface area (Å²) >= 11 is 17.2. The molecule has 144 valence electrons. The fourth-order valence-electron chi connectivity index (χ4n) is 3.63. The van der Waals surface area contributed by atoms with E-state index < -0.39 is 11.8 Å². The molecule has 0 radical (unpaired) electrons. The predicted molar refractivity (Wildman–Crippen MR) is 115 cm³/mol. The third kappa shape index (κ3) is 3.60. The van der Waals surface area contributed by atoms with Crippen LogP contribution in [0.4, 0.5) is 5.69 Å². The number of thiocarbonyl (C=S) groups is 1. The lowest BCUT2D eigenvalue weighted by atomic mass is 10.1. The van der Waals surface area contributed by atoms with Crippen LogP contribution < -0.4 is 10.2 Å². The van der Waals surface area contributed by atoms with E-state index in [1.54, 1.807) is 24.3 Å². The first kappa shape index (κ1) is 19.2. The molecule has 1 N–H and O–H groups in total. The Morgan fingerprint density at radius 3 is 2.57 bits per heavy atom. The Morgan fingerprint density at radius 1 is 1.11 bits per heavy atom. The zero-order chi connectivity index (χ0) is 19.8. The molecule has 2 aliphatic rings. The number of rotatable bonds is 3. The predicted octanol–water partition coefficient (Wildman–Crippen LogP) is 4.74. The molecule has 2 fully saturated rings. The standard InChI is InChI=1S/C20H17Cl2N3O2S/c21-16-6-5-14(10-17(16)22)25-19(27)15(18(26)23-20(25)28)9-12-7-8-24(11-12)13-3-1-2-4-13/h5-11,13H,1-4H2,(H,23,26,28)/b15-9-. The number of carbonyl (C=O) groups excluding carboxylic acids is 2. The van der Waals surface area contributed by atoms with Crippen LogP contribution in [0.15, 0.2) is 42.2 Å². The van der Waals surface area contributed by atoms with Crippen molar-refractivity contribution in [1.29, 1.82) is 0 Å². The van der Waals surface area contributed by atoms with Gasteiger partial charge in [-0.15, -0.1) is 0 Å². The third-order valence-corrected chi connectivity index (χ3v) is 6.08. The number of benzene rings is 1. The molecule has 1 saturated carbocycles. The Labute approximate surface area is 177 Å². The Balaban J connectivity index is 1.65. The van der Waals surface area contributed by atoms with Crippen LogP contribution in [0.1, 0.15) is 37.3 Å². The van der Waals surface area contributed by atoms with Gasteiger partial charge < -0.3 is 4.57 Å². The van der Waals surface area contributed by atoms with Crippen molar-refractivity contribution in [3.63, 3.8) is 0 Å². The molecule has 0 bridgehead atoms. The number of amides is 2.